The lowest BCUT2D eigenvalue weighted by molar-refractivity contribution is -0.137. The summed E-state index contributed by atoms with van der Waals surface area (Å²) in [6.07, 6.45) is 0.00846. The van der Waals surface area contributed by atoms with Crippen LogP contribution in [0.1, 0.15) is 49.4 Å². The van der Waals surface area contributed by atoms with E-state index in [9.17, 15) is 22.8 Å². The number of aryl methyl sites for hydroxylation is 2. The third kappa shape index (κ3) is 7.22. The molecule has 1 aliphatic rings. The molecule has 0 atom stereocenters. The molecular weight excluding hydrogens is 563 g/mol. The first-order valence-corrected chi connectivity index (χ1v) is 14.0. The second-order valence-corrected chi connectivity index (χ2v) is 10.7. The Kier molecular flexibility index (Phi) is 8.51. The molecule has 0 radical (unpaired) electrons. The predicted molar refractivity (Wildman–Crippen MR) is 156 cm³/mol. The van der Waals surface area contributed by atoms with E-state index in [0.717, 1.165) is 72.0 Å². The number of aromatic nitrogens is 4. The van der Waals surface area contributed by atoms with Crippen LogP contribution in [0.15, 0.2) is 48.7 Å². The van der Waals surface area contributed by atoms with E-state index >= 15 is 0 Å². The van der Waals surface area contributed by atoms with Crippen LogP contribution in [0.3, 0.4) is 0 Å². The number of amides is 2. The lowest BCUT2D eigenvalue weighted by Gasteiger charge is -2.28. The molecule has 1 fully saturated rings. The summed E-state index contributed by atoms with van der Waals surface area (Å²) in [6, 6.07) is 10.4. The number of alkyl halides is 3. The number of anilines is 2. The number of halogens is 3. The van der Waals surface area contributed by atoms with Crippen LogP contribution >= 0.6 is 0 Å². The minimum Gasteiger partial charge on any atom is -0.465 e. The first-order valence-electron chi connectivity index (χ1n) is 14.0. The molecule has 1 saturated carbocycles. The second kappa shape index (κ2) is 12.3. The van der Waals surface area contributed by atoms with Gasteiger partial charge < -0.3 is 21.1 Å². The molecule has 0 aliphatic heterocycles. The van der Waals surface area contributed by atoms with Crippen LogP contribution in [0.4, 0.5) is 29.6 Å². The largest absolute Gasteiger partial charge is 0.465 e. The van der Waals surface area contributed by atoms with Gasteiger partial charge in [-0.2, -0.15) is 18.3 Å². The molecule has 1 aliphatic carbocycles. The summed E-state index contributed by atoms with van der Waals surface area (Å²) in [7, 11) is 1.77. The molecule has 4 aromatic rings. The highest BCUT2D eigenvalue weighted by Gasteiger charge is 2.30. The summed E-state index contributed by atoms with van der Waals surface area (Å²) in [5.74, 6) is 0.0518. The van der Waals surface area contributed by atoms with Crippen molar-refractivity contribution in [2.24, 2.45) is 7.05 Å². The molecule has 2 heterocycles. The van der Waals surface area contributed by atoms with Crippen molar-refractivity contribution in [3.05, 3.63) is 65.5 Å². The van der Waals surface area contributed by atoms with Gasteiger partial charge in [0.25, 0.3) is 0 Å². The number of carbonyl (C=O) groups is 2. The Morgan fingerprint density at radius 1 is 1.07 bits per heavy atom. The highest BCUT2D eigenvalue weighted by atomic mass is 19.4. The van der Waals surface area contributed by atoms with Crippen molar-refractivity contribution in [3.63, 3.8) is 0 Å². The van der Waals surface area contributed by atoms with Crippen molar-refractivity contribution < 1.29 is 27.9 Å². The zero-order valence-corrected chi connectivity index (χ0v) is 23.7. The smallest absolute Gasteiger partial charge is 0.416 e. The summed E-state index contributed by atoms with van der Waals surface area (Å²) >= 11 is 0. The van der Waals surface area contributed by atoms with Crippen molar-refractivity contribution in [2.45, 2.75) is 63.7 Å². The molecule has 0 saturated heterocycles. The first kappa shape index (κ1) is 29.8. The fourth-order valence-corrected chi connectivity index (χ4v) is 5.47. The van der Waals surface area contributed by atoms with Crippen LogP contribution in [0.25, 0.3) is 22.2 Å². The maximum absolute atomic E-state index is 13.0. The van der Waals surface area contributed by atoms with Gasteiger partial charge in [-0.15, -0.1) is 0 Å². The summed E-state index contributed by atoms with van der Waals surface area (Å²) in [5, 5.41) is 22.7. The Morgan fingerprint density at radius 3 is 2.51 bits per heavy atom. The number of benzene rings is 2. The third-order valence-electron chi connectivity index (χ3n) is 7.57. The van der Waals surface area contributed by atoms with Crippen molar-refractivity contribution in [1.82, 2.24) is 25.1 Å². The van der Waals surface area contributed by atoms with Gasteiger partial charge in [-0.3, -0.25) is 9.48 Å². The second-order valence-electron chi connectivity index (χ2n) is 10.7. The molecule has 0 unspecified atom stereocenters. The maximum Gasteiger partial charge on any atom is 0.416 e. The highest BCUT2D eigenvalue weighted by molar-refractivity contribution is 5.92. The van der Waals surface area contributed by atoms with E-state index in [1.54, 1.807) is 24.0 Å². The first-order chi connectivity index (χ1) is 20.5. The summed E-state index contributed by atoms with van der Waals surface area (Å²) in [4.78, 5) is 32.8. The predicted octanol–water partition coefficient (Wildman–Crippen LogP) is 5.78. The van der Waals surface area contributed by atoms with Gasteiger partial charge in [0, 0.05) is 42.0 Å². The molecule has 43 heavy (non-hydrogen) atoms. The average molecular weight is 596 g/mol. The molecule has 2 amide bonds. The number of rotatable bonds is 8. The van der Waals surface area contributed by atoms with Gasteiger partial charge >= 0.3 is 12.3 Å². The molecule has 2 aromatic heterocycles. The quantitative estimate of drug-likeness (QED) is 0.203. The average Bonchev–Trinajstić information content (AvgIpc) is 3.32. The Hall–Kier alpha value is -4.68. The van der Waals surface area contributed by atoms with Gasteiger partial charge in [0.15, 0.2) is 0 Å². The number of hydrogen-bond acceptors (Lipinski definition) is 6. The summed E-state index contributed by atoms with van der Waals surface area (Å²) in [6.45, 7) is 2.04. The van der Waals surface area contributed by atoms with Crippen LogP contribution in [0.5, 0.6) is 0 Å². The molecule has 5 rings (SSSR count). The lowest BCUT2D eigenvalue weighted by atomic mass is 9.91. The van der Waals surface area contributed by atoms with E-state index in [-0.39, 0.29) is 24.2 Å². The monoisotopic (exact) mass is 595 g/mol. The van der Waals surface area contributed by atoms with Gasteiger partial charge in [-0.25, -0.2) is 14.8 Å². The molecule has 0 bridgehead atoms. The fraction of sp³-hybridized carbons (Fsp3) is 0.367. The number of nitrogens with one attached hydrogen (secondary N) is 3. The summed E-state index contributed by atoms with van der Waals surface area (Å²) in [5.41, 5.74) is 3.19. The fourth-order valence-electron chi connectivity index (χ4n) is 5.47. The standard InChI is InChI=1S/C30H32F3N7O3/c1-3-17-11-18(12-19-16-34-28(38-27(17)19)36-21-7-9-22(10-8-21)37-29(42)43)25-14-24(39-40(25)2)15-26(41)35-23-6-4-5-20(13-23)30(31,32)33/h4-6,11-14,16,21-22,37H,3,7-10,15H2,1-2H3,(H,35,41)(H,42,43)(H,34,36,38)/t21-,22-. The molecule has 226 valence electrons. The van der Waals surface area contributed by atoms with E-state index in [1.807, 2.05) is 19.1 Å². The number of nitrogens with zero attached hydrogens (tertiary/aromatic N) is 4. The van der Waals surface area contributed by atoms with Crippen LogP contribution in [0.2, 0.25) is 0 Å². The van der Waals surface area contributed by atoms with Crippen LogP contribution < -0.4 is 16.0 Å². The Morgan fingerprint density at radius 2 is 1.81 bits per heavy atom. The van der Waals surface area contributed by atoms with E-state index in [0.29, 0.717) is 11.6 Å². The van der Waals surface area contributed by atoms with E-state index < -0.39 is 23.7 Å². The molecule has 13 heteroatoms. The number of carboxylic acid groups (broad SMARTS) is 1. The molecule has 4 N–H and O–H groups in total. The minimum atomic E-state index is -4.50. The normalized spacial score (nSPS) is 17.0. The third-order valence-corrected chi connectivity index (χ3v) is 7.57. The SMILES string of the molecule is CCc1cc(-c2cc(CC(=O)Nc3cccc(C(F)(F)F)c3)nn2C)cc2cnc(N[C@H]3CC[C@H](NC(=O)O)CC3)nc12. The zero-order valence-electron chi connectivity index (χ0n) is 23.7. The Labute approximate surface area is 245 Å². The van der Waals surface area contributed by atoms with Crippen molar-refractivity contribution in [3.8, 4) is 11.3 Å². The minimum absolute atomic E-state index is 0.0320. The Balaban J connectivity index is 1.29. The van der Waals surface area contributed by atoms with Crippen molar-refractivity contribution in [2.75, 3.05) is 10.6 Å². The van der Waals surface area contributed by atoms with E-state index in [2.05, 4.69) is 26.0 Å². The van der Waals surface area contributed by atoms with Crippen LogP contribution in [-0.2, 0) is 30.9 Å². The number of fused-ring (bicyclic) bond motifs is 1. The molecule has 10 nitrogen and oxygen atoms in total. The molecule has 2 aromatic carbocycles. The van der Waals surface area contributed by atoms with E-state index in [1.165, 1.54) is 12.1 Å². The van der Waals surface area contributed by atoms with Gasteiger partial charge in [0.1, 0.15) is 0 Å². The van der Waals surface area contributed by atoms with Gasteiger partial charge in [-0.05, 0) is 74.1 Å². The van der Waals surface area contributed by atoms with Gasteiger partial charge in [0.05, 0.1) is 28.9 Å². The summed E-state index contributed by atoms with van der Waals surface area (Å²) < 4.78 is 40.7. The highest BCUT2D eigenvalue weighted by Crippen LogP contribution is 2.31. The van der Waals surface area contributed by atoms with Crippen LogP contribution in [-0.4, -0.2) is 48.9 Å². The van der Waals surface area contributed by atoms with Gasteiger partial charge in [0.2, 0.25) is 11.9 Å². The topological polar surface area (TPSA) is 134 Å². The van der Waals surface area contributed by atoms with E-state index in [4.69, 9.17) is 10.1 Å². The van der Waals surface area contributed by atoms with Crippen molar-refractivity contribution >= 4 is 34.5 Å². The van der Waals surface area contributed by atoms with Gasteiger partial charge in [-0.1, -0.05) is 13.0 Å². The van der Waals surface area contributed by atoms with Crippen molar-refractivity contribution in [1.29, 1.82) is 0 Å². The zero-order chi connectivity index (χ0) is 30.7. The number of carbonyl (C=O) groups excluding carboxylic acids is 1. The molecule has 0 spiro atoms. The van der Waals surface area contributed by atoms with Crippen LogP contribution in [0, 0.1) is 0 Å². The molecular formula is C30H32F3N7O3. The lowest BCUT2D eigenvalue weighted by Crippen LogP contribution is -2.39. The number of hydrogen-bond donors (Lipinski definition) is 4. The maximum atomic E-state index is 13.0. The Bertz CT molecular complexity index is 1650.